The number of carbonyl (C=O) groups excluding carboxylic acids is 2. The SMILES string of the molecule is Cc1ccc(NCC(=O)NNC(=O)c2cccc(S(C)(=O)=O)c2)cc1. The standard InChI is InChI=1S/C17H19N3O4S/c1-12-6-8-14(9-7-12)18-11-16(21)19-20-17(22)13-4-3-5-15(10-13)25(2,23)24/h3-10,18H,11H2,1-2H3,(H,19,21)(H,20,22). The van der Waals surface area contributed by atoms with Crippen LogP contribution in [0.25, 0.3) is 0 Å². The van der Waals surface area contributed by atoms with Gasteiger partial charge in [0.1, 0.15) is 0 Å². The zero-order valence-electron chi connectivity index (χ0n) is 13.9. The van der Waals surface area contributed by atoms with Crippen LogP contribution >= 0.6 is 0 Å². The van der Waals surface area contributed by atoms with Gasteiger partial charge in [-0.15, -0.1) is 0 Å². The van der Waals surface area contributed by atoms with Crippen molar-refractivity contribution in [2.45, 2.75) is 11.8 Å². The average molecular weight is 361 g/mol. The van der Waals surface area contributed by atoms with Crippen LogP contribution in [-0.4, -0.2) is 33.0 Å². The third-order valence-corrected chi connectivity index (χ3v) is 4.45. The minimum Gasteiger partial charge on any atom is -0.376 e. The van der Waals surface area contributed by atoms with Crippen LogP contribution in [0.5, 0.6) is 0 Å². The Kier molecular flexibility index (Phi) is 5.76. The second-order valence-electron chi connectivity index (χ2n) is 5.52. The summed E-state index contributed by atoms with van der Waals surface area (Å²) in [7, 11) is -3.41. The number of carbonyl (C=O) groups is 2. The van der Waals surface area contributed by atoms with Gasteiger partial charge in [0.05, 0.1) is 11.4 Å². The molecule has 0 aliphatic rings. The molecule has 0 aliphatic carbocycles. The summed E-state index contributed by atoms with van der Waals surface area (Å²) in [5.41, 5.74) is 6.55. The highest BCUT2D eigenvalue weighted by Gasteiger charge is 2.12. The van der Waals surface area contributed by atoms with Gasteiger partial charge < -0.3 is 5.32 Å². The van der Waals surface area contributed by atoms with Gasteiger partial charge in [-0.2, -0.15) is 0 Å². The molecule has 0 saturated heterocycles. The molecule has 2 aromatic carbocycles. The Labute approximate surface area is 146 Å². The van der Waals surface area contributed by atoms with Crippen molar-refractivity contribution in [3.8, 4) is 0 Å². The van der Waals surface area contributed by atoms with E-state index in [1.54, 1.807) is 0 Å². The first-order chi connectivity index (χ1) is 11.8. The summed E-state index contributed by atoms with van der Waals surface area (Å²) in [6.07, 6.45) is 1.06. The lowest BCUT2D eigenvalue weighted by atomic mass is 10.2. The van der Waals surface area contributed by atoms with Crippen molar-refractivity contribution < 1.29 is 18.0 Å². The maximum absolute atomic E-state index is 12.0. The Morgan fingerprint density at radius 3 is 2.32 bits per heavy atom. The Morgan fingerprint density at radius 2 is 1.68 bits per heavy atom. The molecule has 0 radical (unpaired) electrons. The fourth-order valence-corrected chi connectivity index (χ4v) is 2.63. The molecule has 7 nitrogen and oxygen atoms in total. The molecule has 0 aliphatic heterocycles. The number of benzene rings is 2. The van der Waals surface area contributed by atoms with E-state index in [0.717, 1.165) is 17.5 Å². The van der Waals surface area contributed by atoms with Crippen LogP contribution < -0.4 is 16.2 Å². The van der Waals surface area contributed by atoms with Gasteiger partial charge >= 0.3 is 0 Å². The van der Waals surface area contributed by atoms with E-state index in [1.165, 1.54) is 24.3 Å². The van der Waals surface area contributed by atoms with E-state index in [2.05, 4.69) is 16.2 Å². The van der Waals surface area contributed by atoms with E-state index in [1.807, 2.05) is 31.2 Å². The molecular formula is C17H19N3O4S. The smallest absolute Gasteiger partial charge is 0.269 e. The lowest BCUT2D eigenvalue weighted by molar-refractivity contribution is -0.120. The van der Waals surface area contributed by atoms with Gasteiger partial charge in [0, 0.05) is 17.5 Å². The van der Waals surface area contributed by atoms with Gasteiger partial charge in [-0.25, -0.2) is 8.42 Å². The Balaban J connectivity index is 1.87. The topological polar surface area (TPSA) is 104 Å². The molecule has 132 valence electrons. The van der Waals surface area contributed by atoms with Gasteiger partial charge in [-0.3, -0.25) is 20.4 Å². The van der Waals surface area contributed by atoms with Crippen LogP contribution in [0, 0.1) is 6.92 Å². The molecule has 0 aromatic heterocycles. The van der Waals surface area contributed by atoms with Crippen molar-refractivity contribution in [3.63, 3.8) is 0 Å². The van der Waals surface area contributed by atoms with Crippen LogP contribution in [0.15, 0.2) is 53.4 Å². The van der Waals surface area contributed by atoms with Crippen LogP contribution in [-0.2, 0) is 14.6 Å². The highest BCUT2D eigenvalue weighted by Crippen LogP contribution is 2.11. The van der Waals surface area contributed by atoms with E-state index in [-0.39, 0.29) is 17.0 Å². The van der Waals surface area contributed by atoms with Gasteiger partial charge in [0.15, 0.2) is 9.84 Å². The van der Waals surface area contributed by atoms with E-state index < -0.39 is 21.7 Å². The normalized spacial score (nSPS) is 10.8. The molecule has 0 bridgehead atoms. The summed E-state index contributed by atoms with van der Waals surface area (Å²) in [5.74, 6) is -1.04. The third-order valence-electron chi connectivity index (χ3n) is 3.34. The number of anilines is 1. The van der Waals surface area contributed by atoms with Crippen LogP contribution in [0.3, 0.4) is 0 Å². The summed E-state index contributed by atoms with van der Waals surface area (Å²) in [6.45, 7) is 1.94. The van der Waals surface area contributed by atoms with E-state index in [0.29, 0.717) is 0 Å². The zero-order chi connectivity index (χ0) is 18.4. The van der Waals surface area contributed by atoms with E-state index >= 15 is 0 Å². The molecule has 0 heterocycles. The second-order valence-corrected chi connectivity index (χ2v) is 7.54. The van der Waals surface area contributed by atoms with Gasteiger partial charge in [0.25, 0.3) is 11.8 Å². The lowest BCUT2D eigenvalue weighted by Crippen LogP contribution is -2.44. The molecular weight excluding hydrogens is 342 g/mol. The van der Waals surface area contributed by atoms with Crippen molar-refractivity contribution in [2.75, 3.05) is 18.1 Å². The highest BCUT2D eigenvalue weighted by molar-refractivity contribution is 7.90. The Morgan fingerprint density at radius 1 is 1.00 bits per heavy atom. The van der Waals surface area contributed by atoms with Crippen molar-refractivity contribution >= 4 is 27.3 Å². The molecule has 0 spiro atoms. The van der Waals surface area contributed by atoms with Crippen LogP contribution in [0.4, 0.5) is 5.69 Å². The summed E-state index contributed by atoms with van der Waals surface area (Å²) >= 11 is 0. The van der Waals surface area contributed by atoms with Gasteiger partial charge in [-0.1, -0.05) is 23.8 Å². The molecule has 3 N–H and O–H groups in total. The van der Waals surface area contributed by atoms with Gasteiger partial charge in [0.2, 0.25) is 0 Å². The number of rotatable bonds is 5. The molecule has 2 aromatic rings. The number of hydrazine groups is 1. The first-order valence-corrected chi connectivity index (χ1v) is 9.35. The summed E-state index contributed by atoms with van der Waals surface area (Å²) in [4.78, 5) is 23.8. The zero-order valence-corrected chi connectivity index (χ0v) is 14.7. The number of nitrogens with one attached hydrogen (secondary N) is 3. The largest absolute Gasteiger partial charge is 0.376 e. The molecule has 0 saturated carbocycles. The molecule has 0 atom stereocenters. The Bertz CT molecular complexity index is 877. The summed E-state index contributed by atoms with van der Waals surface area (Å²) < 4.78 is 23.0. The van der Waals surface area contributed by atoms with E-state index in [4.69, 9.17) is 0 Å². The van der Waals surface area contributed by atoms with Crippen molar-refractivity contribution in [2.24, 2.45) is 0 Å². The maximum atomic E-state index is 12.0. The number of aryl methyl sites for hydroxylation is 1. The molecule has 0 unspecified atom stereocenters. The average Bonchev–Trinajstić information content (AvgIpc) is 2.58. The van der Waals surface area contributed by atoms with Gasteiger partial charge in [-0.05, 0) is 37.3 Å². The quantitative estimate of drug-likeness (QED) is 0.696. The number of amides is 2. The summed E-state index contributed by atoms with van der Waals surface area (Å²) in [6, 6.07) is 13.1. The predicted octanol–water partition coefficient (Wildman–Crippen LogP) is 1.27. The van der Waals surface area contributed by atoms with Crippen molar-refractivity contribution in [1.82, 2.24) is 10.9 Å². The minimum atomic E-state index is -3.41. The first kappa shape index (κ1) is 18.5. The fourth-order valence-electron chi connectivity index (χ4n) is 1.96. The maximum Gasteiger partial charge on any atom is 0.269 e. The number of sulfone groups is 1. The lowest BCUT2D eigenvalue weighted by Gasteiger charge is -2.10. The molecule has 0 fully saturated rings. The van der Waals surface area contributed by atoms with Crippen LogP contribution in [0.1, 0.15) is 15.9 Å². The minimum absolute atomic E-state index is 0.0211. The molecule has 2 amide bonds. The van der Waals surface area contributed by atoms with Crippen molar-refractivity contribution in [3.05, 3.63) is 59.7 Å². The number of hydrogen-bond acceptors (Lipinski definition) is 5. The highest BCUT2D eigenvalue weighted by atomic mass is 32.2. The first-order valence-electron chi connectivity index (χ1n) is 7.45. The summed E-state index contributed by atoms with van der Waals surface area (Å²) in [5, 5.41) is 2.92. The van der Waals surface area contributed by atoms with Crippen LogP contribution in [0.2, 0.25) is 0 Å². The predicted molar refractivity (Wildman–Crippen MR) is 94.8 cm³/mol. The number of hydrogen-bond donors (Lipinski definition) is 3. The van der Waals surface area contributed by atoms with E-state index in [9.17, 15) is 18.0 Å². The third kappa shape index (κ3) is 5.61. The monoisotopic (exact) mass is 361 g/mol. The second kappa shape index (κ2) is 7.80. The molecule has 25 heavy (non-hydrogen) atoms. The fraction of sp³-hybridized carbons (Fsp3) is 0.176. The Hall–Kier alpha value is -2.87. The van der Waals surface area contributed by atoms with Crippen molar-refractivity contribution in [1.29, 1.82) is 0 Å². The molecule has 2 rings (SSSR count). The molecule has 8 heteroatoms.